The van der Waals surface area contributed by atoms with Crippen LogP contribution in [0.5, 0.6) is 11.5 Å². The van der Waals surface area contributed by atoms with E-state index in [2.05, 4.69) is 0 Å². The van der Waals surface area contributed by atoms with Gasteiger partial charge in [-0.1, -0.05) is 30.3 Å². The van der Waals surface area contributed by atoms with Gasteiger partial charge in [0.05, 0.1) is 11.5 Å². The monoisotopic (exact) mass is 420 g/mol. The molecule has 2 aliphatic heterocycles. The van der Waals surface area contributed by atoms with Crippen LogP contribution in [0.15, 0.2) is 72.2 Å². The van der Waals surface area contributed by atoms with Crippen LogP contribution in [-0.4, -0.2) is 37.7 Å². The first-order chi connectivity index (χ1) is 15.1. The molecule has 7 heteroatoms. The van der Waals surface area contributed by atoms with Gasteiger partial charge in [-0.25, -0.2) is 0 Å². The fraction of sp³-hybridized carbons (Fsp3) is 0.250. The lowest BCUT2D eigenvalue weighted by Gasteiger charge is -2.37. The number of carbonyl (C=O) groups is 2. The van der Waals surface area contributed by atoms with Crippen molar-refractivity contribution >= 4 is 11.6 Å². The van der Waals surface area contributed by atoms with Crippen molar-refractivity contribution in [1.82, 2.24) is 0 Å². The molecule has 0 radical (unpaired) electrons. The molecule has 0 aromatic heterocycles. The second-order valence-corrected chi connectivity index (χ2v) is 7.45. The second kappa shape index (κ2) is 7.59. The van der Waals surface area contributed by atoms with Crippen LogP contribution in [0.3, 0.4) is 0 Å². The molecule has 0 spiro atoms. The summed E-state index contributed by atoms with van der Waals surface area (Å²) in [7, 11) is 1.40. The van der Waals surface area contributed by atoms with Crippen LogP contribution in [-0.2, 0) is 25.6 Å². The third kappa shape index (κ3) is 3.27. The number of ketones is 2. The zero-order chi connectivity index (χ0) is 21.4. The Kier molecular flexibility index (Phi) is 4.75. The molecule has 1 fully saturated rings. The smallest absolute Gasteiger partial charge is 0.231 e. The first-order valence-electron chi connectivity index (χ1n) is 9.88. The number of Topliss-reactive ketones (excluding diaryl/α,β-unsaturated/α-hetero) is 1. The maximum atomic E-state index is 13.3. The van der Waals surface area contributed by atoms with Gasteiger partial charge in [0.1, 0.15) is 24.7 Å². The Labute approximate surface area is 178 Å². The summed E-state index contributed by atoms with van der Waals surface area (Å²) in [6, 6.07) is 14.9. The molecule has 1 saturated heterocycles. The topological polar surface area (TPSA) is 80.3 Å². The fourth-order valence-corrected chi connectivity index (χ4v) is 4.01. The van der Waals surface area contributed by atoms with E-state index >= 15 is 0 Å². The lowest BCUT2D eigenvalue weighted by molar-refractivity contribution is -0.136. The van der Waals surface area contributed by atoms with Crippen LogP contribution < -0.4 is 9.47 Å². The lowest BCUT2D eigenvalue weighted by Crippen LogP contribution is -2.53. The Morgan fingerprint density at radius 3 is 2.65 bits per heavy atom. The van der Waals surface area contributed by atoms with E-state index in [1.807, 2.05) is 30.3 Å². The SMILES string of the molecule is CO[C@]1([C@@H]2COc3cc(OCc4ccccc4)ccc3C2=O)C=C2OCOC2=CC1=O. The van der Waals surface area contributed by atoms with Gasteiger partial charge in [-0.2, -0.15) is 0 Å². The number of hydrogen-bond donors (Lipinski definition) is 0. The number of ether oxygens (including phenoxy) is 5. The summed E-state index contributed by atoms with van der Waals surface area (Å²) in [5, 5.41) is 0. The summed E-state index contributed by atoms with van der Waals surface area (Å²) in [4.78, 5) is 26.2. The van der Waals surface area contributed by atoms with Crippen LogP contribution in [0.2, 0.25) is 0 Å². The highest BCUT2D eigenvalue weighted by Crippen LogP contribution is 2.41. The van der Waals surface area contributed by atoms with Crippen molar-refractivity contribution in [2.75, 3.05) is 20.5 Å². The van der Waals surface area contributed by atoms with E-state index in [9.17, 15) is 9.59 Å². The summed E-state index contributed by atoms with van der Waals surface area (Å²) in [6.07, 6.45) is 2.83. The summed E-state index contributed by atoms with van der Waals surface area (Å²) >= 11 is 0. The number of methoxy groups -OCH3 is 1. The van der Waals surface area contributed by atoms with E-state index in [-0.39, 0.29) is 25.0 Å². The normalized spacial score (nSPS) is 24.1. The predicted molar refractivity (Wildman–Crippen MR) is 108 cm³/mol. The Bertz CT molecular complexity index is 1100. The number of benzene rings is 2. The summed E-state index contributed by atoms with van der Waals surface area (Å²) < 4.78 is 28.0. The molecule has 2 atom stereocenters. The third-order valence-corrected chi connectivity index (χ3v) is 5.71. The van der Waals surface area contributed by atoms with Crippen molar-refractivity contribution < 1.29 is 33.3 Å². The number of hydrogen-bond acceptors (Lipinski definition) is 7. The van der Waals surface area contributed by atoms with Crippen LogP contribution in [0.4, 0.5) is 0 Å². The maximum absolute atomic E-state index is 13.3. The summed E-state index contributed by atoms with van der Waals surface area (Å²) in [5.41, 5.74) is -0.0953. The van der Waals surface area contributed by atoms with Gasteiger partial charge < -0.3 is 23.7 Å². The second-order valence-electron chi connectivity index (χ2n) is 7.45. The van der Waals surface area contributed by atoms with Crippen molar-refractivity contribution in [2.24, 2.45) is 5.92 Å². The Morgan fingerprint density at radius 2 is 1.84 bits per heavy atom. The fourth-order valence-electron chi connectivity index (χ4n) is 4.01. The molecule has 2 aromatic carbocycles. The van der Waals surface area contributed by atoms with E-state index in [0.717, 1.165) is 5.56 Å². The van der Waals surface area contributed by atoms with Gasteiger partial charge in [-0.3, -0.25) is 9.59 Å². The van der Waals surface area contributed by atoms with E-state index < -0.39 is 11.5 Å². The molecule has 0 N–H and O–H groups in total. The van der Waals surface area contributed by atoms with Gasteiger partial charge >= 0.3 is 0 Å². The van der Waals surface area contributed by atoms with Crippen molar-refractivity contribution in [3.8, 4) is 11.5 Å². The minimum absolute atomic E-state index is 0.0125. The number of carbonyl (C=O) groups excluding carboxylic acids is 2. The third-order valence-electron chi connectivity index (χ3n) is 5.71. The Balaban J connectivity index is 1.39. The Morgan fingerprint density at radius 1 is 1.03 bits per heavy atom. The van der Waals surface area contributed by atoms with Crippen molar-refractivity contribution in [3.05, 3.63) is 83.3 Å². The highest BCUT2D eigenvalue weighted by Gasteiger charge is 2.53. The molecular weight excluding hydrogens is 400 g/mol. The van der Waals surface area contributed by atoms with Crippen LogP contribution in [0.25, 0.3) is 0 Å². The van der Waals surface area contributed by atoms with Crippen LogP contribution in [0, 0.1) is 5.92 Å². The minimum atomic E-state index is -1.51. The molecule has 3 aliphatic rings. The largest absolute Gasteiger partial charge is 0.492 e. The summed E-state index contributed by atoms with van der Waals surface area (Å²) in [5.74, 6) is 0.280. The van der Waals surface area contributed by atoms with Gasteiger partial charge in [0, 0.05) is 25.3 Å². The van der Waals surface area contributed by atoms with Crippen molar-refractivity contribution in [3.63, 3.8) is 0 Å². The van der Waals surface area contributed by atoms with Crippen molar-refractivity contribution in [1.29, 1.82) is 0 Å². The number of rotatable bonds is 5. The van der Waals surface area contributed by atoms with E-state index in [0.29, 0.717) is 35.2 Å². The molecule has 158 valence electrons. The molecular formula is C24H20O7. The molecule has 2 heterocycles. The average molecular weight is 420 g/mol. The molecule has 0 unspecified atom stereocenters. The van der Waals surface area contributed by atoms with Gasteiger partial charge in [-0.05, 0) is 17.7 Å². The van der Waals surface area contributed by atoms with E-state index in [1.165, 1.54) is 19.3 Å². The average Bonchev–Trinajstić information content (AvgIpc) is 3.25. The summed E-state index contributed by atoms with van der Waals surface area (Å²) in [6.45, 7) is 0.414. The highest BCUT2D eigenvalue weighted by molar-refractivity contribution is 6.10. The Hall–Kier alpha value is -3.58. The first kappa shape index (κ1) is 19.4. The highest BCUT2D eigenvalue weighted by atomic mass is 16.7. The zero-order valence-corrected chi connectivity index (χ0v) is 16.8. The minimum Gasteiger partial charge on any atom is -0.492 e. The van der Waals surface area contributed by atoms with E-state index in [1.54, 1.807) is 18.2 Å². The van der Waals surface area contributed by atoms with Gasteiger partial charge in [0.15, 0.2) is 28.7 Å². The number of fused-ring (bicyclic) bond motifs is 2. The van der Waals surface area contributed by atoms with Crippen LogP contribution >= 0.6 is 0 Å². The molecule has 0 amide bonds. The molecule has 0 saturated carbocycles. The first-order valence-corrected chi connectivity index (χ1v) is 9.88. The van der Waals surface area contributed by atoms with E-state index in [4.69, 9.17) is 23.7 Å². The van der Waals surface area contributed by atoms with Gasteiger partial charge in [0.25, 0.3) is 0 Å². The predicted octanol–water partition coefficient (Wildman–Crippen LogP) is 3.20. The molecule has 2 aromatic rings. The quantitative estimate of drug-likeness (QED) is 0.735. The molecule has 0 bridgehead atoms. The maximum Gasteiger partial charge on any atom is 0.231 e. The van der Waals surface area contributed by atoms with Gasteiger partial charge in [0.2, 0.25) is 6.79 Å². The van der Waals surface area contributed by atoms with Gasteiger partial charge in [-0.15, -0.1) is 0 Å². The zero-order valence-electron chi connectivity index (χ0n) is 16.8. The molecule has 1 aliphatic carbocycles. The van der Waals surface area contributed by atoms with Crippen LogP contribution in [0.1, 0.15) is 15.9 Å². The molecule has 7 nitrogen and oxygen atoms in total. The van der Waals surface area contributed by atoms with Crippen molar-refractivity contribution in [2.45, 2.75) is 12.2 Å². The standard InChI is InChI=1S/C24H20O7/c1-27-24(11-21-20(10-22(24)25)30-14-31-21)18-13-29-19-9-16(7-8-17(19)23(18)26)28-12-15-5-3-2-4-6-15/h2-11,18H,12-14H2,1H3/t18-,24+/m1/s1. The molecule has 31 heavy (non-hydrogen) atoms. The lowest BCUT2D eigenvalue weighted by atomic mass is 9.75. The molecule has 5 rings (SSSR count).